The fourth-order valence-corrected chi connectivity index (χ4v) is 3.64. The number of nitrogen functional groups attached to an aromatic ring is 1. The van der Waals surface area contributed by atoms with Crippen LogP contribution in [0.3, 0.4) is 0 Å². The number of rotatable bonds is 2. The summed E-state index contributed by atoms with van der Waals surface area (Å²) in [6, 6.07) is 5.66. The summed E-state index contributed by atoms with van der Waals surface area (Å²) in [6.07, 6.45) is 11.2. The minimum Gasteiger partial charge on any atom is -0.390 e. The van der Waals surface area contributed by atoms with Gasteiger partial charge in [-0.1, -0.05) is 19.3 Å². The fraction of sp³-hybridized carbons (Fsp3) is 0.400. The number of nitrogens with two attached hydrogens (primary N) is 1. The molecule has 9 nitrogen and oxygen atoms in total. The second-order valence-corrected chi connectivity index (χ2v) is 7.60. The molecule has 4 heterocycles. The number of aliphatic hydroxyl groups is 1. The van der Waals surface area contributed by atoms with Gasteiger partial charge in [0, 0.05) is 31.1 Å². The van der Waals surface area contributed by atoms with E-state index in [2.05, 4.69) is 25.5 Å². The van der Waals surface area contributed by atoms with E-state index < -0.39 is 0 Å². The van der Waals surface area contributed by atoms with Crippen molar-refractivity contribution in [3.8, 4) is 11.3 Å². The zero-order chi connectivity index (χ0) is 20.4. The molecule has 1 aliphatic rings. The smallest absolute Gasteiger partial charge is 0.242 e. The van der Waals surface area contributed by atoms with Crippen molar-refractivity contribution in [1.82, 2.24) is 29.2 Å². The largest absolute Gasteiger partial charge is 0.390 e. The first-order chi connectivity index (χ1) is 14.0. The summed E-state index contributed by atoms with van der Waals surface area (Å²) < 4.78 is 3.41. The second-order valence-electron chi connectivity index (χ2n) is 7.60. The predicted molar refractivity (Wildman–Crippen MR) is 113 cm³/mol. The molecule has 0 spiro atoms. The minimum atomic E-state index is -0.321. The van der Waals surface area contributed by atoms with E-state index in [4.69, 9.17) is 5.73 Å². The molecule has 0 unspecified atom stereocenters. The van der Waals surface area contributed by atoms with Crippen LogP contribution in [0.15, 0.2) is 36.8 Å². The molecule has 1 saturated carbocycles. The van der Waals surface area contributed by atoms with Crippen LogP contribution in [0.25, 0.3) is 22.4 Å². The van der Waals surface area contributed by atoms with Crippen molar-refractivity contribution in [3.63, 3.8) is 0 Å². The third kappa shape index (κ3) is 4.00. The van der Waals surface area contributed by atoms with Crippen molar-refractivity contribution >= 4 is 22.9 Å². The molecule has 152 valence electrons. The first kappa shape index (κ1) is 19.1. The Labute approximate surface area is 168 Å². The maximum Gasteiger partial charge on any atom is 0.242 e. The highest BCUT2D eigenvalue weighted by Crippen LogP contribution is 2.28. The maximum absolute atomic E-state index is 9.37. The van der Waals surface area contributed by atoms with Crippen LogP contribution < -0.4 is 11.1 Å². The van der Waals surface area contributed by atoms with Crippen LogP contribution in [0, 0.1) is 0 Å². The summed E-state index contributed by atoms with van der Waals surface area (Å²) in [6.45, 7) is 1.94. The second kappa shape index (κ2) is 7.67. The van der Waals surface area contributed by atoms with Gasteiger partial charge >= 0.3 is 0 Å². The summed E-state index contributed by atoms with van der Waals surface area (Å²) in [5.74, 6) is 0.880. The highest BCUT2D eigenvalue weighted by atomic mass is 16.3. The Balaban J connectivity index is 0.000000216. The van der Waals surface area contributed by atoms with Crippen LogP contribution in [0.1, 0.15) is 39.0 Å². The van der Waals surface area contributed by atoms with E-state index in [0.717, 1.165) is 35.3 Å². The Kier molecular flexibility index (Phi) is 5.06. The number of fused-ring (bicyclic) bond motifs is 2. The van der Waals surface area contributed by atoms with E-state index in [0.29, 0.717) is 11.8 Å². The Hall–Kier alpha value is -3.20. The van der Waals surface area contributed by atoms with Crippen LogP contribution in [0.2, 0.25) is 0 Å². The summed E-state index contributed by atoms with van der Waals surface area (Å²) in [5.41, 5.74) is 8.94. The van der Waals surface area contributed by atoms with Crippen LogP contribution in [0.4, 0.5) is 11.8 Å². The highest BCUT2D eigenvalue weighted by Gasteiger charge is 2.22. The molecule has 4 aromatic heterocycles. The molecule has 29 heavy (non-hydrogen) atoms. The normalized spacial score (nSPS) is 15.8. The molecule has 0 saturated heterocycles. The van der Waals surface area contributed by atoms with Crippen LogP contribution in [0.5, 0.6) is 0 Å². The molecule has 0 radical (unpaired) electrons. The fourth-order valence-electron chi connectivity index (χ4n) is 3.64. The van der Waals surface area contributed by atoms with E-state index in [1.54, 1.807) is 22.3 Å². The molecular weight excluding hydrogens is 368 g/mol. The van der Waals surface area contributed by atoms with Crippen molar-refractivity contribution in [2.75, 3.05) is 18.1 Å². The average Bonchev–Trinajstić information content (AvgIpc) is 3.34. The lowest BCUT2D eigenvalue weighted by molar-refractivity contribution is 0.0225. The third-order valence-corrected chi connectivity index (χ3v) is 5.23. The molecule has 1 fully saturated rings. The van der Waals surface area contributed by atoms with Crippen LogP contribution in [-0.4, -0.2) is 47.0 Å². The molecule has 1 aliphatic carbocycles. The van der Waals surface area contributed by atoms with Crippen molar-refractivity contribution in [1.29, 1.82) is 0 Å². The molecule has 0 atom stereocenters. The van der Waals surface area contributed by atoms with Gasteiger partial charge in [0.2, 0.25) is 5.95 Å². The zero-order valence-corrected chi connectivity index (χ0v) is 16.7. The Morgan fingerprint density at radius 3 is 2.52 bits per heavy atom. The van der Waals surface area contributed by atoms with Gasteiger partial charge in [0.15, 0.2) is 11.5 Å². The van der Waals surface area contributed by atoms with Gasteiger partial charge in [-0.15, -0.1) is 5.10 Å². The van der Waals surface area contributed by atoms with E-state index >= 15 is 0 Å². The summed E-state index contributed by atoms with van der Waals surface area (Å²) in [5, 5.41) is 20.7. The van der Waals surface area contributed by atoms with Gasteiger partial charge in [-0.25, -0.2) is 14.0 Å². The molecule has 0 aromatic carbocycles. The number of hydrogen-bond donors (Lipinski definition) is 3. The van der Waals surface area contributed by atoms with Crippen LogP contribution >= 0.6 is 0 Å². The highest BCUT2D eigenvalue weighted by molar-refractivity contribution is 5.86. The first-order valence-electron chi connectivity index (χ1n) is 9.83. The average molecular weight is 394 g/mol. The molecule has 4 aromatic rings. The van der Waals surface area contributed by atoms with Gasteiger partial charge in [0.05, 0.1) is 17.5 Å². The van der Waals surface area contributed by atoms with Gasteiger partial charge < -0.3 is 16.2 Å². The molecule has 5 rings (SSSR count). The first-order valence-corrected chi connectivity index (χ1v) is 9.83. The Bertz CT molecular complexity index is 1120. The lowest BCUT2D eigenvalue weighted by Crippen LogP contribution is -2.26. The maximum atomic E-state index is 9.37. The van der Waals surface area contributed by atoms with E-state index in [9.17, 15) is 5.11 Å². The predicted octanol–water partition coefficient (Wildman–Crippen LogP) is 2.76. The van der Waals surface area contributed by atoms with Gasteiger partial charge in [-0.2, -0.15) is 10.1 Å². The van der Waals surface area contributed by atoms with Gasteiger partial charge in [0.25, 0.3) is 0 Å². The van der Waals surface area contributed by atoms with E-state index in [-0.39, 0.29) is 5.60 Å². The van der Waals surface area contributed by atoms with Gasteiger partial charge in [-0.3, -0.25) is 0 Å². The van der Waals surface area contributed by atoms with Crippen molar-refractivity contribution in [2.24, 2.45) is 0 Å². The quantitative estimate of drug-likeness (QED) is 0.478. The zero-order valence-electron chi connectivity index (χ0n) is 16.7. The number of nitrogens with one attached hydrogen (secondary N) is 1. The van der Waals surface area contributed by atoms with Gasteiger partial charge in [0.1, 0.15) is 5.52 Å². The Morgan fingerprint density at radius 1 is 1.07 bits per heavy atom. The van der Waals surface area contributed by atoms with Crippen molar-refractivity contribution in [3.05, 3.63) is 36.8 Å². The van der Waals surface area contributed by atoms with Crippen molar-refractivity contribution in [2.45, 2.75) is 44.6 Å². The number of hydrogen-bond acceptors (Lipinski definition) is 7. The monoisotopic (exact) mass is 394 g/mol. The standard InChI is InChI=1S/C13H12N8.C7H14O/c1-15-13-18-12(14)11-8(3-6-21(11)19-13)9-4-7-20-10(17-9)2-5-16-20;1-7(8)5-3-2-4-6-7/h2-7H,1H3,(H3,14,15,18,19);8H,2-6H2,1H3. The van der Waals surface area contributed by atoms with Crippen LogP contribution in [-0.2, 0) is 0 Å². The number of anilines is 2. The molecule has 0 bridgehead atoms. The number of nitrogens with zero attached hydrogens (tertiary/aromatic N) is 6. The topological polar surface area (TPSA) is 119 Å². The Morgan fingerprint density at radius 2 is 1.83 bits per heavy atom. The molecule has 4 N–H and O–H groups in total. The molecule has 0 aliphatic heterocycles. The molecule has 9 heteroatoms. The van der Waals surface area contributed by atoms with E-state index in [1.165, 1.54) is 19.3 Å². The molecular formula is C20H26N8O. The summed E-state index contributed by atoms with van der Waals surface area (Å²) >= 11 is 0. The SMILES string of the molecule is CC1(O)CCCCC1.CNc1nc(N)c2c(-c3ccn4nccc4n3)ccn2n1. The minimum absolute atomic E-state index is 0.321. The third-order valence-electron chi connectivity index (χ3n) is 5.23. The summed E-state index contributed by atoms with van der Waals surface area (Å²) in [7, 11) is 1.75. The van der Waals surface area contributed by atoms with Crippen molar-refractivity contribution < 1.29 is 5.11 Å². The molecule has 0 amide bonds. The summed E-state index contributed by atoms with van der Waals surface area (Å²) in [4.78, 5) is 8.79. The number of aromatic nitrogens is 6. The lowest BCUT2D eigenvalue weighted by atomic mass is 9.87. The van der Waals surface area contributed by atoms with Gasteiger partial charge in [-0.05, 0) is 31.9 Å². The van der Waals surface area contributed by atoms with E-state index in [1.807, 2.05) is 37.5 Å². The lowest BCUT2D eigenvalue weighted by Gasteiger charge is -2.27.